The average Bonchev–Trinajstić information content (AvgIpc) is 3.14. The maximum Gasteiger partial charge on any atom is 0.338 e. The lowest BCUT2D eigenvalue weighted by Crippen LogP contribution is -2.34. The van der Waals surface area contributed by atoms with Gasteiger partial charge in [-0.2, -0.15) is 0 Å². The Morgan fingerprint density at radius 3 is 2.42 bits per heavy atom. The Hall–Kier alpha value is -2.94. The number of rotatable bonds is 6. The summed E-state index contributed by atoms with van der Waals surface area (Å²) in [5.74, 6) is -1.26. The smallest absolute Gasteiger partial charge is 0.338 e. The molecule has 31 heavy (non-hydrogen) atoms. The van der Waals surface area contributed by atoms with Crippen LogP contribution in [0.1, 0.15) is 68.8 Å². The zero-order valence-electron chi connectivity index (χ0n) is 18.4. The Bertz CT molecular complexity index is 1190. The zero-order chi connectivity index (χ0) is 23.2. The number of carbonyl (C=O) groups is 3. The monoisotopic (exact) mass is 446 g/mol. The highest BCUT2D eigenvalue weighted by molar-refractivity contribution is 7.92. The van der Waals surface area contributed by atoms with Gasteiger partial charge in [0.15, 0.2) is 11.9 Å². The second-order valence-electron chi connectivity index (χ2n) is 8.05. The third-order valence-corrected chi connectivity index (χ3v) is 6.79. The number of fused-ring (bicyclic) bond motifs is 1. The summed E-state index contributed by atoms with van der Waals surface area (Å²) in [6.07, 6.45) is 0.562. The Balaban J connectivity index is 1.80. The number of esters is 1. The third kappa shape index (κ3) is 4.14. The van der Waals surface area contributed by atoms with Crippen molar-refractivity contribution in [1.82, 2.24) is 4.98 Å². The third-order valence-electron chi connectivity index (χ3n) is 5.51. The molecule has 1 N–H and O–H groups in total. The number of sulfonamides is 1. The molecule has 166 valence electrons. The number of Topliss-reactive ketones (excluding diaryl/α,β-unsaturated/α-hetero) is 2. The largest absolute Gasteiger partial charge is 0.451 e. The standard InChI is InChI=1S/C22H26N2O6S/c1-11-9-17-10-16(7-8-18(17)24(11)31(6,28)29)22(27)30-15(5)21(26)20-12(2)19(14(4)25)13(3)23-20/h7-8,10-11,15,23H,9H2,1-6H3. The van der Waals surface area contributed by atoms with E-state index in [-0.39, 0.29) is 23.1 Å². The number of hydrogen-bond donors (Lipinski definition) is 1. The summed E-state index contributed by atoms with van der Waals surface area (Å²) in [7, 11) is -3.43. The summed E-state index contributed by atoms with van der Waals surface area (Å²) in [5, 5.41) is 0. The van der Waals surface area contributed by atoms with Gasteiger partial charge < -0.3 is 9.72 Å². The van der Waals surface area contributed by atoms with Gasteiger partial charge in [0.2, 0.25) is 15.8 Å². The van der Waals surface area contributed by atoms with Crippen molar-refractivity contribution in [3.8, 4) is 0 Å². The topological polar surface area (TPSA) is 114 Å². The van der Waals surface area contributed by atoms with Gasteiger partial charge in [-0.15, -0.1) is 0 Å². The van der Waals surface area contributed by atoms with Crippen LogP contribution < -0.4 is 4.31 Å². The quantitative estimate of drug-likeness (QED) is 0.539. The molecule has 2 unspecified atom stereocenters. The number of hydrogen-bond acceptors (Lipinski definition) is 6. The molecule has 0 amide bonds. The number of carbonyl (C=O) groups excluding carboxylic acids is 3. The molecule has 1 aliphatic rings. The van der Waals surface area contributed by atoms with E-state index in [2.05, 4.69) is 4.98 Å². The average molecular weight is 447 g/mol. The molecule has 2 aromatic rings. The number of anilines is 1. The highest BCUT2D eigenvalue weighted by Gasteiger charge is 2.33. The second kappa shape index (κ2) is 7.96. The van der Waals surface area contributed by atoms with E-state index in [1.165, 1.54) is 24.2 Å². The fourth-order valence-corrected chi connectivity index (χ4v) is 5.51. The minimum absolute atomic E-state index is 0.148. The van der Waals surface area contributed by atoms with Gasteiger partial charge in [-0.25, -0.2) is 13.2 Å². The minimum atomic E-state index is -3.43. The van der Waals surface area contributed by atoms with E-state index in [0.29, 0.717) is 28.9 Å². The highest BCUT2D eigenvalue weighted by Crippen LogP contribution is 2.35. The first kappa shape index (κ1) is 22.7. The van der Waals surface area contributed by atoms with Crippen LogP contribution in [0.2, 0.25) is 0 Å². The van der Waals surface area contributed by atoms with Crippen LogP contribution in [-0.4, -0.2) is 49.3 Å². The van der Waals surface area contributed by atoms with Crippen molar-refractivity contribution < 1.29 is 27.5 Å². The first-order chi connectivity index (χ1) is 14.3. The van der Waals surface area contributed by atoms with E-state index in [0.717, 1.165) is 11.8 Å². The first-order valence-corrected chi connectivity index (χ1v) is 11.7. The van der Waals surface area contributed by atoms with Crippen LogP contribution in [0.3, 0.4) is 0 Å². The summed E-state index contributed by atoms with van der Waals surface area (Å²) in [4.78, 5) is 40.2. The van der Waals surface area contributed by atoms with Gasteiger partial charge in [-0.1, -0.05) is 0 Å². The fourth-order valence-electron chi connectivity index (χ4n) is 4.24. The maximum atomic E-state index is 12.8. The Kier molecular flexibility index (Phi) is 5.84. The molecule has 0 saturated carbocycles. The number of ketones is 2. The predicted molar refractivity (Wildman–Crippen MR) is 116 cm³/mol. The molecular weight excluding hydrogens is 420 g/mol. The van der Waals surface area contributed by atoms with E-state index >= 15 is 0 Å². The van der Waals surface area contributed by atoms with Gasteiger partial charge in [0.1, 0.15) is 0 Å². The van der Waals surface area contributed by atoms with Crippen molar-refractivity contribution in [1.29, 1.82) is 0 Å². The van der Waals surface area contributed by atoms with Gasteiger partial charge in [-0.3, -0.25) is 13.9 Å². The lowest BCUT2D eigenvalue weighted by Gasteiger charge is -2.22. The van der Waals surface area contributed by atoms with E-state index in [1.807, 2.05) is 0 Å². The van der Waals surface area contributed by atoms with Crippen LogP contribution in [-0.2, 0) is 21.2 Å². The van der Waals surface area contributed by atoms with E-state index in [4.69, 9.17) is 4.74 Å². The summed E-state index contributed by atoms with van der Waals surface area (Å²) in [6, 6.07) is 4.44. The van der Waals surface area contributed by atoms with E-state index in [9.17, 15) is 22.8 Å². The molecule has 2 atom stereocenters. The number of nitrogens with zero attached hydrogens (tertiary/aromatic N) is 1. The number of nitrogens with one attached hydrogen (secondary N) is 1. The van der Waals surface area contributed by atoms with Crippen LogP contribution in [0.5, 0.6) is 0 Å². The Morgan fingerprint density at radius 2 is 1.87 bits per heavy atom. The molecule has 0 aliphatic carbocycles. The predicted octanol–water partition coefficient (Wildman–Crippen LogP) is 2.97. The first-order valence-electron chi connectivity index (χ1n) is 9.90. The number of ether oxygens (including phenoxy) is 1. The van der Waals surface area contributed by atoms with Crippen LogP contribution in [0.25, 0.3) is 0 Å². The summed E-state index contributed by atoms with van der Waals surface area (Å²) >= 11 is 0. The molecule has 1 aromatic carbocycles. The molecule has 9 heteroatoms. The lowest BCUT2D eigenvalue weighted by molar-refractivity contribution is 0.0317. The summed E-state index contributed by atoms with van der Waals surface area (Å²) < 4.78 is 30.8. The SMILES string of the molecule is CC(=O)c1c(C)[nH]c(C(=O)C(C)OC(=O)c2ccc3c(c2)CC(C)N3S(C)(=O)=O)c1C. The van der Waals surface area contributed by atoms with Crippen molar-refractivity contribution in [2.24, 2.45) is 0 Å². The number of H-pyrrole nitrogens is 1. The van der Waals surface area contributed by atoms with E-state index in [1.54, 1.807) is 32.9 Å². The van der Waals surface area contributed by atoms with Crippen molar-refractivity contribution in [2.75, 3.05) is 10.6 Å². The van der Waals surface area contributed by atoms with Crippen molar-refractivity contribution in [2.45, 2.75) is 53.2 Å². The lowest BCUT2D eigenvalue weighted by atomic mass is 10.0. The number of aryl methyl sites for hydroxylation is 1. The van der Waals surface area contributed by atoms with Gasteiger partial charge in [0, 0.05) is 17.3 Å². The number of benzene rings is 1. The molecule has 2 heterocycles. The second-order valence-corrected chi connectivity index (χ2v) is 9.91. The molecule has 1 aromatic heterocycles. The maximum absolute atomic E-state index is 12.8. The molecule has 8 nitrogen and oxygen atoms in total. The van der Waals surface area contributed by atoms with Crippen molar-refractivity contribution in [3.05, 3.63) is 51.8 Å². The highest BCUT2D eigenvalue weighted by atomic mass is 32.2. The molecule has 3 rings (SSSR count). The molecular formula is C22H26N2O6S. The molecule has 1 aliphatic heterocycles. The molecule has 0 fully saturated rings. The van der Waals surface area contributed by atoms with Crippen LogP contribution >= 0.6 is 0 Å². The number of aromatic amines is 1. The fraction of sp³-hybridized carbons (Fsp3) is 0.409. The normalized spacial score (nSPS) is 16.7. The number of aromatic nitrogens is 1. The Labute approximate surface area is 181 Å². The van der Waals surface area contributed by atoms with E-state index < -0.39 is 27.9 Å². The molecule has 0 spiro atoms. The van der Waals surface area contributed by atoms with Gasteiger partial charge in [-0.05, 0) is 70.4 Å². The van der Waals surface area contributed by atoms with Gasteiger partial charge >= 0.3 is 5.97 Å². The van der Waals surface area contributed by atoms with Crippen molar-refractivity contribution >= 4 is 33.2 Å². The molecule has 0 bridgehead atoms. The molecule has 0 radical (unpaired) electrons. The van der Waals surface area contributed by atoms with Gasteiger partial charge in [0.05, 0.1) is 23.2 Å². The van der Waals surface area contributed by atoms with Crippen molar-refractivity contribution in [3.63, 3.8) is 0 Å². The minimum Gasteiger partial charge on any atom is -0.451 e. The summed E-state index contributed by atoms with van der Waals surface area (Å²) in [6.45, 7) is 8.10. The molecule has 0 saturated heterocycles. The summed E-state index contributed by atoms with van der Waals surface area (Å²) in [5.41, 5.74) is 3.35. The van der Waals surface area contributed by atoms with Crippen LogP contribution in [0.4, 0.5) is 5.69 Å². The Morgan fingerprint density at radius 1 is 1.23 bits per heavy atom. The van der Waals surface area contributed by atoms with Crippen LogP contribution in [0.15, 0.2) is 18.2 Å². The zero-order valence-corrected chi connectivity index (χ0v) is 19.2. The van der Waals surface area contributed by atoms with Gasteiger partial charge in [0.25, 0.3) is 0 Å². The van der Waals surface area contributed by atoms with Crippen LogP contribution in [0, 0.1) is 13.8 Å².